The lowest BCUT2D eigenvalue weighted by Gasteiger charge is -2.33. The van der Waals surface area contributed by atoms with Gasteiger partial charge in [0, 0.05) is 49.0 Å². The van der Waals surface area contributed by atoms with E-state index in [0.29, 0.717) is 37.5 Å². The molecule has 4 aromatic rings. The smallest absolute Gasteiger partial charge is 0.279 e. The third kappa shape index (κ3) is 4.56. The van der Waals surface area contributed by atoms with E-state index >= 15 is 0 Å². The molecule has 2 saturated heterocycles. The van der Waals surface area contributed by atoms with Crippen LogP contribution in [0.15, 0.2) is 35.4 Å². The van der Waals surface area contributed by atoms with Gasteiger partial charge in [-0.25, -0.2) is 19.3 Å². The quantitative estimate of drug-likeness (QED) is 0.416. The molecule has 1 N–H and O–H groups in total. The minimum atomic E-state index is -0.550. The van der Waals surface area contributed by atoms with Gasteiger partial charge in [-0.2, -0.15) is 5.10 Å². The van der Waals surface area contributed by atoms with Crippen LogP contribution in [0.25, 0.3) is 22.3 Å². The molecule has 37 heavy (non-hydrogen) atoms. The van der Waals surface area contributed by atoms with Gasteiger partial charge >= 0.3 is 0 Å². The molecule has 2 aliphatic rings. The molecule has 1 unspecified atom stereocenters. The number of hydrogen-bond acceptors (Lipinski definition) is 8. The molecule has 0 amide bonds. The Kier molecular flexibility index (Phi) is 6.88. The third-order valence-corrected chi connectivity index (χ3v) is 7.04. The van der Waals surface area contributed by atoms with E-state index < -0.39 is 5.82 Å². The maximum Gasteiger partial charge on any atom is 0.279 e. The molecule has 1 atom stereocenters. The molecular formula is C24H25Cl2FN8O2. The largest absolute Gasteiger partial charge is 0.370 e. The van der Waals surface area contributed by atoms with Crippen molar-refractivity contribution in [3.8, 4) is 11.3 Å². The first kappa shape index (κ1) is 25.5. The second-order valence-electron chi connectivity index (χ2n) is 9.09. The number of anilines is 1. The zero-order chi connectivity index (χ0) is 25.0. The van der Waals surface area contributed by atoms with Gasteiger partial charge in [-0.3, -0.25) is 14.0 Å². The van der Waals surface area contributed by atoms with E-state index in [9.17, 15) is 9.18 Å². The SMILES string of the molecule is Cc1nc2c(-c3ccc(Cl)cc3F)nc(N3CCOC(c4cnn(C5CNC5)c4)C3)nc2c(=O)n1C.Cl. The van der Waals surface area contributed by atoms with Gasteiger partial charge in [-0.15, -0.1) is 12.4 Å². The fourth-order valence-electron chi connectivity index (χ4n) is 4.46. The molecule has 6 rings (SSSR count). The summed E-state index contributed by atoms with van der Waals surface area (Å²) in [5.41, 5.74) is 1.47. The number of nitrogens with zero attached hydrogens (tertiary/aromatic N) is 7. The molecular weight excluding hydrogens is 522 g/mol. The summed E-state index contributed by atoms with van der Waals surface area (Å²) in [6, 6.07) is 4.70. The molecule has 0 aliphatic carbocycles. The van der Waals surface area contributed by atoms with Crippen LogP contribution in [0.5, 0.6) is 0 Å². The molecule has 2 fully saturated rings. The molecule has 13 heteroatoms. The average molecular weight is 547 g/mol. The zero-order valence-electron chi connectivity index (χ0n) is 20.2. The van der Waals surface area contributed by atoms with Gasteiger partial charge in [-0.1, -0.05) is 11.6 Å². The predicted molar refractivity (Wildman–Crippen MR) is 140 cm³/mol. The molecule has 2 aliphatic heterocycles. The summed E-state index contributed by atoms with van der Waals surface area (Å²) < 4.78 is 24.4. The van der Waals surface area contributed by atoms with Crippen molar-refractivity contribution in [2.24, 2.45) is 7.05 Å². The second kappa shape index (κ2) is 9.97. The molecule has 1 aromatic carbocycles. The predicted octanol–water partition coefficient (Wildman–Crippen LogP) is 2.83. The summed E-state index contributed by atoms with van der Waals surface area (Å²) in [5, 5.41) is 8.01. The highest BCUT2D eigenvalue weighted by Gasteiger charge is 2.28. The van der Waals surface area contributed by atoms with Gasteiger partial charge < -0.3 is 15.0 Å². The topological polar surface area (TPSA) is 103 Å². The standard InChI is InChI=1S/C24H24ClFN8O2.ClH/c1-13-29-21-20(17-4-3-15(25)7-18(17)26)30-24(31-22(21)23(35)32(13)2)33-5-6-36-19(12-33)14-8-28-34(11-14)16-9-27-10-16;/h3-4,7-8,11,16,19,27H,5-6,9-10,12H2,1-2H3;1H. The monoisotopic (exact) mass is 546 g/mol. The van der Waals surface area contributed by atoms with E-state index in [1.165, 1.54) is 10.6 Å². The summed E-state index contributed by atoms with van der Waals surface area (Å²) >= 11 is 5.98. The van der Waals surface area contributed by atoms with Crippen LogP contribution in [0.4, 0.5) is 10.3 Å². The fraction of sp³-hybridized carbons (Fsp3) is 0.375. The van der Waals surface area contributed by atoms with Crippen molar-refractivity contribution < 1.29 is 9.13 Å². The van der Waals surface area contributed by atoms with Crippen molar-refractivity contribution in [3.63, 3.8) is 0 Å². The van der Waals surface area contributed by atoms with E-state index in [0.717, 1.165) is 18.7 Å². The van der Waals surface area contributed by atoms with Gasteiger partial charge in [0.2, 0.25) is 5.95 Å². The third-order valence-electron chi connectivity index (χ3n) is 6.80. The Hall–Kier alpha value is -3.12. The van der Waals surface area contributed by atoms with Crippen LogP contribution >= 0.6 is 24.0 Å². The van der Waals surface area contributed by atoms with Crippen LogP contribution in [0, 0.1) is 12.7 Å². The van der Waals surface area contributed by atoms with Crippen molar-refractivity contribution >= 4 is 41.0 Å². The molecule has 0 saturated carbocycles. The van der Waals surface area contributed by atoms with Crippen molar-refractivity contribution in [1.82, 2.24) is 34.6 Å². The Balaban J connectivity index is 0.00000280. The maximum absolute atomic E-state index is 15.0. The van der Waals surface area contributed by atoms with Gasteiger partial charge in [0.05, 0.1) is 25.4 Å². The molecule has 3 aromatic heterocycles. The number of nitrogens with one attached hydrogen (secondary N) is 1. The van der Waals surface area contributed by atoms with Gasteiger partial charge in [0.25, 0.3) is 5.56 Å². The van der Waals surface area contributed by atoms with Crippen LogP contribution in [-0.2, 0) is 11.8 Å². The molecule has 10 nitrogen and oxygen atoms in total. The number of benzene rings is 1. The van der Waals surface area contributed by atoms with Crippen LogP contribution < -0.4 is 15.8 Å². The Labute approximate surface area is 222 Å². The number of morpholine rings is 1. The van der Waals surface area contributed by atoms with Gasteiger partial charge in [-0.05, 0) is 25.1 Å². The Morgan fingerprint density at radius 1 is 1.19 bits per heavy atom. The highest BCUT2D eigenvalue weighted by Crippen LogP contribution is 2.31. The zero-order valence-corrected chi connectivity index (χ0v) is 21.8. The molecule has 0 bridgehead atoms. The molecule has 194 valence electrons. The Morgan fingerprint density at radius 3 is 2.73 bits per heavy atom. The van der Waals surface area contributed by atoms with Crippen LogP contribution in [-0.4, -0.2) is 62.1 Å². The summed E-state index contributed by atoms with van der Waals surface area (Å²) in [5.74, 6) is 0.245. The van der Waals surface area contributed by atoms with Crippen molar-refractivity contribution in [2.75, 3.05) is 37.7 Å². The first-order valence-electron chi connectivity index (χ1n) is 11.7. The van der Waals surface area contributed by atoms with E-state index in [-0.39, 0.29) is 51.4 Å². The molecule has 0 spiro atoms. The van der Waals surface area contributed by atoms with Crippen molar-refractivity contribution in [2.45, 2.75) is 19.1 Å². The molecule has 5 heterocycles. The highest BCUT2D eigenvalue weighted by molar-refractivity contribution is 6.30. The van der Waals surface area contributed by atoms with Crippen LogP contribution in [0.3, 0.4) is 0 Å². The lowest BCUT2D eigenvalue weighted by atomic mass is 10.1. The van der Waals surface area contributed by atoms with Crippen molar-refractivity contribution in [1.29, 1.82) is 0 Å². The number of hydrogen-bond donors (Lipinski definition) is 1. The maximum atomic E-state index is 15.0. The van der Waals surface area contributed by atoms with Gasteiger partial charge in [0.1, 0.15) is 29.0 Å². The number of rotatable bonds is 4. The first-order chi connectivity index (χ1) is 17.4. The number of halogens is 3. The fourth-order valence-corrected chi connectivity index (χ4v) is 4.62. The lowest BCUT2D eigenvalue weighted by Crippen LogP contribution is -2.43. The van der Waals surface area contributed by atoms with Gasteiger partial charge in [0.15, 0.2) is 5.52 Å². The minimum Gasteiger partial charge on any atom is -0.370 e. The number of ether oxygens (including phenoxy) is 1. The number of fused-ring (bicyclic) bond motifs is 1. The van der Waals surface area contributed by atoms with Crippen LogP contribution in [0.2, 0.25) is 5.02 Å². The number of aromatic nitrogens is 6. The second-order valence-corrected chi connectivity index (χ2v) is 9.52. The van der Waals surface area contributed by atoms with E-state index in [1.807, 2.05) is 22.0 Å². The Bertz CT molecular complexity index is 1540. The van der Waals surface area contributed by atoms with Crippen molar-refractivity contribution in [3.05, 3.63) is 63.2 Å². The van der Waals surface area contributed by atoms with E-state index in [1.54, 1.807) is 26.1 Å². The summed E-state index contributed by atoms with van der Waals surface area (Å²) in [4.78, 5) is 29.0. The average Bonchev–Trinajstić information content (AvgIpc) is 3.31. The first-order valence-corrected chi connectivity index (χ1v) is 12.1. The summed E-state index contributed by atoms with van der Waals surface area (Å²) in [6.45, 7) is 4.93. The van der Waals surface area contributed by atoms with Crippen LogP contribution in [0.1, 0.15) is 23.5 Å². The molecule has 0 radical (unpaired) electrons. The Morgan fingerprint density at radius 2 is 2.00 bits per heavy atom. The lowest BCUT2D eigenvalue weighted by molar-refractivity contribution is 0.0391. The summed E-state index contributed by atoms with van der Waals surface area (Å²) in [6.07, 6.45) is 3.59. The van der Waals surface area contributed by atoms with E-state index in [2.05, 4.69) is 20.4 Å². The number of aryl methyl sites for hydroxylation is 1. The highest BCUT2D eigenvalue weighted by atomic mass is 35.5. The minimum absolute atomic E-state index is 0. The normalized spacial score (nSPS) is 18.1. The van der Waals surface area contributed by atoms with E-state index in [4.69, 9.17) is 21.3 Å². The summed E-state index contributed by atoms with van der Waals surface area (Å²) in [7, 11) is 1.63.